The molecular formula is C13H24N2O3. The molecule has 0 aromatic rings. The first-order valence-electron chi connectivity index (χ1n) is 6.77. The average Bonchev–Trinajstić information content (AvgIpc) is 2.37. The molecule has 0 spiro atoms. The maximum atomic E-state index is 12.6. The van der Waals surface area contributed by atoms with E-state index in [1.165, 1.54) is 4.90 Å². The summed E-state index contributed by atoms with van der Waals surface area (Å²) in [6.45, 7) is 5.92. The number of hydrogen-bond acceptors (Lipinski definition) is 3. The zero-order valence-electron chi connectivity index (χ0n) is 11.4. The van der Waals surface area contributed by atoms with Crippen LogP contribution in [0.1, 0.15) is 39.5 Å². The van der Waals surface area contributed by atoms with Gasteiger partial charge >= 0.3 is 5.97 Å². The van der Waals surface area contributed by atoms with Gasteiger partial charge in [0.1, 0.15) is 6.54 Å². The number of carboxylic acids is 1. The number of rotatable bonds is 6. The van der Waals surface area contributed by atoms with Crippen molar-refractivity contribution in [2.45, 2.75) is 39.5 Å². The zero-order chi connectivity index (χ0) is 13.6. The normalized spacial score (nSPS) is 23.7. The maximum absolute atomic E-state index is 12.6. The van der Waals surface area contributed by atoms with Crippen LogP contribution in [0.4, 0.5) is 0 Å². The molecule has 18 heavy (non-hydrogen) atoms. The van der Waals surface area contributed by atoms with Gasteiger partial charge in [-0.3, -0.25) is 9.59 Å². The first-order valence-corrected chi connectivity index (χ1v) is 6.77. The van der Waals surface area contributed by atoms with Crippen LogP contribution in [0.3, 0.4) is 0 Å². The van der Waals surface area contributed by atoms with E-state index in [1.807, 2.05) is 13.8 Å². The van der Waals surface area contributed by atoms with Gasteiger partial charge in [0.15, 0.2) is 0 Å². The van der Waals surface area contributed by atoms with Crippen LogP contribution in [0, 0.1) is 5.41 Å². The minimum absolute atomic E-state index is 0.00134. The van der Waals surface area contributed by atoms with E-state index in [0.717, 1.165) is 32.2 Å². The molecule has 0 aromatic carbocycles. The van der Waals surface area contributed by atoms with Gasteiger partial charge in [-0.1, -0.05) is 13.8 Å². The van der Waals surface area contributed by atoms with Gasteiger partial charge in [-0.25, -0.2) is 0 Å². The minimum Gasteiger partial charge on any atom is -0.480 e. The lowest BCUT2D eigenvalue weighted by Gasteiger charge is -2.39. The number of carboxylic acid groups (broad SMARTS) is 1. The first kappa shape index (κ1) is 15.0. The Hall–Kier alpha value is -1.10. The van der Waals surface area contributed by atoms with Crippen molar-refractivity contribution < 1.29 is 14.7 Å². The molecule has 1 saturated heterocycles. The first-order chi connectivity index (χ1) is 8.55. The molecule has 1 unspecified atom stereocenters. The van der Waals surface area contributed by atoms with Crippen molar-refractivity contribution >= 4 is 11.9 Å². The van der Waals surface area contributed by atoms with Gasteiger partial charge in [-0.05, 0) is 32.2 Å². The van der Waals surface area contributed by atoms with Gasteiger partial charge in [-0.2, -0.15) is 0 Å². The monoisotopic (exact) mass is 256 g/mol. The molecule has 1 aliphatic rings. The SMILES string of the molecule is CCCN(CC(=O)O)C(=O)C1(CC)CCCNC1. The van der Waals surface area contributed by atoms with Gasteiger partial charge in [-0.15, -0.1) is 0 Å². The number of nitrogens with one attached hydrogen (secondary N) is 1. The molecule has 5 heteroatoms. The Kier molecular flexibility index (Phi) is 5.59. The smallest absolute Gasteiger partial charge is 0.323 e. The maximum Gasteiger partial charge on any atom is 0.323 e. The Morgan fingerprint density at radius 2 is 2.11 bits per heavy atom. The molecule has 0 aromatic heterocycles. The summed E-state index contributed by atoms with van der Waals surface area (Å²) in [5, 5.41) is 12.2. The van der Waals surface area contributed by atoms with Crippen LogP contribution < -0.4 is 5.32 Å². The highest BCUT2D eigenvalue weighted by atomic mass is 16.4. The highest BCUT2D eigenvalue weighted by Gasteiger charge is 2.40. The molecule has 2 N–H and O–H groups in total. The highest BCUT2D eigenvalue weighted by molar-refractivity contribution is 5.86. The van der Waals surface area contributed by atoms with E-state index >= 15 is 0 Å². The average molecular weight is 256 g/mol. The summed E-state index contributed by atoms with van der Waals surface area (Å²) in [5.74, 6) is -0.937. The van der Waals surface area contributed by atoms with Crippen molar-refractivity contribution in [1.82, 2.24) is 10.2 Å². The molecule has 1 atom stereocenters. The van der Waals surface area contributed by atoms with Gasteiger partial charge in [0.05, 0.1) is 5.41 Å². The number of aliphatic carboxylic acids is 1. The molecule has 0 saturated carbocycles. The molecule has 0 bridgehead atoms. The fraction of sp³-hybridized carbons (Fsp3) is 0.846. The largest absolute Gasteiger partial charge is 0.480 e. The van der Waals surface area contributed by atoms with Gasteiger partial charge in [0.2, 0.25) is 5.91 Å². The predicted octanol–water partition coefficient (Wildman–Crippen LogP) is 1.09. The van der Waals surface area contributed by atoms with Crippen LogP contribution in [-0.4, -0.2) is 48.1 Å². The third kappa shape index (κ3) is 3.45. The predicted molar refractivity (Wildman–Crippen MR) is 69.3 cm³/mol. The Balaban J connectivity index is 2.81. The molecule has 1 amide bonds. The Labute approximate surface area is 109 Å². The summed E-state index contributed by atoms with van der Waals surface area (Å²) in [6.07, 6.45) is 3.38. The van der Waals surface area contributed by atoms with Crippen LogP contribution in [0.15, 0.2) is 0 Å². The van der Waals surface area contributed by atoms with E-state index in [9.17, 15) is 9.59 Å². The Morgan fingerprint density at radius 1 is 1.39 bits per heavy atom. The lowest BCUT2D eigenvalue weighted by atomic mass is 9.77. The van der Waals surface area contributed by atoms with Crippen LogP contribution >= 0.6 is 0 Å². The highest BCUT2D eigenvalue weighted by Crippen LogP contribution is 2.32. The summed E-state index contributed by atoms with van der Waals surface area (Å²) in [7, 11) is 0. The molecule has 104 valence electrons. The fourth-order valence-corrected chi connectivity index (χ4v) is 2.62. The van der Waals surface area contributed by atoms with Crippen LogP contribution in [-0.2, 0) is 9.59 Å². The summed E-state index contributed by atoms with van der Waals surface area (Å²) in [4.78, 5) is 25.0. The van der Waals surface area contributed by atoms with Crippen molar-refractivity contribution in [2.75, 3.05) is 26.2 Å². The summed E-state index contributed by atoms with van der Waals surface area (Å²) >= 11 is 0. The summed E-state index contributed by atoms with van der Waals surface area (Å²) < 4.78 is 0. The van der Waals surface area contributed by atoms with Crippen LogP contribution in [0.25, 0.3) is 0 Å². The number of hydrogen-bond donors (Lipinski definition) is 2. The number of nitrogens with zero attached hydrogens (tertiary/aromatic N) is 1. The summed E-state index contributed by atoms with van der Waals surface area (Å²) in [6, 6.07) is 0. The van der Waals surface area contributed by atoms with Crippen molar-refractivity contribution in [3.05, 3.63) is 0 Å². The van der Waals surface area contributed by atoms with Gasteiger partial charge in [0.25, 0.3) is 0 Å². The Morgan fingerprint density at radius 3 is 2.56 bits per heavy atom. The third-order valence-electron chi connectivity index (χ3n) is 3.71. The molecular weight excluding hydrogens is 232 g/mol. The van der Waals surface area contributed by atoms with E-state index in [4.69, 9.17) is 5.11 Å². The van der Waals surface area contributed by atoms with E-state index < -0.39 is 11.4 Å². The standard InChI is InChI=1S/C13H24N2O3/c1-3-8-15(9-11(16)17)12(18)13(4-2)6-5-7-14-10-13/h14H,3-10H2,1-2H3,(H,16,17). The zero-order valence-corrected chi connectivity index (χ0v) is 11.4. The van der Waals surface area contributed by atoms with E-state index in [1.54, 1.807) is 0 Å². The van der Waals surface area contributed by atoms with Crippen molar-refractivity contribution in [1.29, 1.82) is 0 Å². The van der Waals surface area contributed by atoms with Gasteiger partial charge < -0.3 is 15.3 Å². The molecule has 0 aliphatic carbocycles. The quantitative estimate of drug-likeness (QED) is 0.746. The second kappa shape index (κ2) is 6.73. The fourth-order valence-electron chi connectivity index (χ4n) is 2.62. The number of carbonyl (C=O) groups excluding carboxylic acids is 1. The summed E-state index contributed by atoms with van der Waals surface area (Å²) in [5.41, 5.74) is -0.400. The van der Waals surface area contributed by atoms with Gasteiger partial charge in [0, 0.05) is 13.1 Å². The Bertz CT molecular complexity index is 299. The van der Waals surface area contributed by atoms with Crippen molar-refractivity contribution in [2.24, 2.45) is 5.41 Å². The van der Waals surface area contributed by atoms with Crippen molar-refractivity contribution in [3.8, 4) is 0 Å². The van der Waals surface area contributed by atoms with E-state index in [2.05, 4.69) is 5.32 Å². The molecule has 1 fully saturated rings. The second-order valence-corrected chi connectivity index (χ2v) is 5.03. The molecule has 5 nitrogen and oxygen atoms in total. The second-order valence-electron chi connectivity index (χ2n) is 5.03. The minimum atomic E-state index is -0.938. The lowest BCUT2D eigenvalue weighted by molar-refractivity contribution is -0.151. The topological polar surface area (TPSA) is 69.6 Å². The lowest BCUT2D eigenvalue weighted by Crippen LogP contribution is -2.52. The molecule has 1 heterocycles. The van der Waals surface area contributed by atoms with Crippen molar-refractivity contribution in [3.63, 3.8) is 0 Å². The van der Waals surface area contributed by atoms with Crippen LogP contribution in [0.2, 0.25) is 0 Å². The van der Waals surface area contributed by atoms with Crippen LogP contribution in [0.5, 0.6) is 0 Å². The number of carbonyl (C=O) groups is 2. The number of amides is 1. The number of piperidine rings is 1. The third-order valence-corrected chi connectivity index (χ3v) is 3.71. The van der Waals surface area contributed by atoms with E-state index in [0.29, 0.717) is 13.1 Å². The molecule has 0 radical (unpaired) electrons. The van der Waals surface area contributed by atoms with E-state index in [-0.39, 0.29) is 12.5 Å². The molecule has 1 rings (SSSR count). The molecule has 1 aliphatic heterocycles.